The Bertz CT molecular complexity index is 1210. The van der Waals surface area contributed by atoms with E-state index in [0.717, 1.165) is 61.3 Å². The highest BCUT2D eigenvalue weighted by Crippen LogP contribution is 2.44. The summed E-state index contributed by atoms with van der Waals surface area (Å²) in [5.74, 6) is 2.32. The summed E-state index contributed by atoms with van der Waals surface area (Å²) in [4.78, 5) is 32.7. The zero-order valence-electron chi connectivity index (χ0n) is 17.8. The first-order valence-electron chi connectivity index (χ1n) is 11.1. The third-order valence-corrected chi connectivity index (χ3v) is 7.82. The molecule has 9 nitrogen and oxygen atoms in total. The van der Waals surface area contributed by atoms with Crippen LogP contribution in [0.15, 0.2) is 18.5 Å². The minimum Gasteiger partial charge on any atom is -0.380 e. The standard InChI is InChI=1S/C22H24N8OS/c1-23-17-9-25-20-16(5-6-24-20)18(17)29(2)15-7-13-10-30(11-14(13)8-15)22(31)27-21-26-19(28-32-21)12-3-4-12/h5-6,9,12-15H,3-4,7-8,10-11H2,2H3,(H,24,25)(H,26,27,28,31)/t13-,14+,15?. The normalized spacial score (nSPS) is 24.5. The molecule has 0 bridgehead atoms. The minimum absolute atomic E-state index is 0.0683. The number of nitrogens with one attached hydrogen (secondary N) is 2. The molecule has 2 amide bonds. The molecule has 3 aromatic heterocycles. The van der Waals surface area contributed by atoms with Gasteiger partial charge in [0.05, 0.1) is 12.3 Å². The number of carbonyl (C=O) groups is 1. The van der Waals surface area contributed by atoms with E-state index in [1.807, 2.05) is 17.2 Å². The molecule has 32 heavy (non-hydrogen) atoms. The first kappa shape index (κ1) is 19.5. The third kappa shape index (κ3) is 3.28. The van der Waals surface area contributed by atoms with Gasteiger partial charge in [0.1, 0.15) is 11.5 Å². The van der Waals surface area contributed by atoms with E-state index in [1.54, 1.807) is 6.20 Å². The van der Waals surface area contributed by atoms with Crippen molar-refractivity contribution in [3.05, 3.63) is 35.7 Å². The van der Waals surface area contributed by atoms with Gasteiger partial charge in [-0.15, -0.1) is 0 Å². The topological polar surface area (TPSA) is 94.4 Å². The Labute approximate surface area is 189 Å². The van der Waals surface area contributed by atoms with Crippen LogP contribution in [0.3, 0.4) is 0 Å². The zero-order valence-corrected chi connectivity index (χ0v) is 18.6. The lowest BCUT2D eigenvalue weighted by molar-refractivity contribution is 0.218. The number of H-pyrrole nitrogens is 1. The highest BCUT2D eigenvalue weighted by atomic mass is 32.1. The summed E-state index contributed by atoms with van der Waals surface area (Å²) in [5.41, 5.74) is 2.34. The fourth-order valence-electron chi connectivity index (χ4n) is 5.33. The van der Waals surface area contributed by atoms with Crippen LogP contribution in [0.5, 0.6) is 0 Å². The van der Waals surface area contributed by atoms with Crippen LogP contribution in [0, 0.1) is 18.4 Å². The number of likely N-dealkylation sites (tertiary alicyclic amines) is 1. The van der Waals surface area contributed by atoms with Crippen LogP contribution in [0.4, 0.5) is 21.3 Å². The molecule has 2 N–H and O–H groups in total. The van der Waals surface area contributed by atoms with Crippen molar-refractivity contribution in [1.82, 2.24) is 24.2 Å². The lowest BCUT2D eigenvalue weighted by atomic mass is 10.0. The van der Waals surface area contributed by atoms with Crippen molar-refractivity contribution in [2.24, 2.45) is 11.8 Å². The van der Waals surface area contributed by atoms with Crippen LogP contribution in [0.25, 0.3) is 15.9 Å². The number of nitrogens with zero attached hydrogens (tertiary/aromatic N) is 6. The first-order chi connectivity index (χ1) is 15.6. The highest BCUT2D eigenvalue weighted by molar-refractivity contribution is 7.09. The third-order valence-electron chi connectivity index (χ3n) is 7.17. The van der Waals surface area contributed by atoms with E-state index in [2.05, 4.69) is 41.4 Å². The van der Waals surface area contributed by atoms with Gasteiger partial charge < -0.3 is 14.8 Å². The quantitative estimate of drug-likeness (QED) is 0.583. The SMILES string of the molecule is [C-]#[N+]c1cnc2[nH]ccc2c1N(C)C1C[C@@H]2CN(C(=O)Nc3nc(C4CC4)ns3)C[C@@H]2C1. The summed E-state index contributed by atoms with van der Waals surface area (Å²) in [7, 11) is 2.08. The van der Waals surface area contributed by atoms with Crippen molar-refractivity contribution >= 4 is 45.1 Å². The molecule has 1 saturated heterocycles. The first-order valence-corrected chi connectivity index (χ1v) is 11.8. The van der Waals surface area contributed by atoms with Gasteiger partial charge in [0.2, 0.25) is 10.8 Å². The number of fused-ring (bicyclic) bond motifs is 2. The smallest absolute Gasteiger partial charge is 0.323 e. The van der Waals surface area contributed by atoms with Gasteiger partial charge in [-0.1, -0.05) is 0 Å². The molecule has 0 spiro atoms. The number of anilines is 2. The molecule has 3 aromatic rings. The molecule has 0 radical (unpaired) electrons. The monoisotopic (exact) mass is 448 g/mol. The predicted molar refractivity (Wildman–Crippen MR) is 123 cm³/mol. The van der Waals surface area contributed by atoms with Gasteiger partial charge >= 0.3 is 6.03 Å². The van der Waals surface area contributed by atoms with E-state index in [0.29, 0.717) is 34.6 Å². The number of rotatable bonds is 4. The van der Waals surface area contributed by atoms with Crippen LogP contribution in [0.2, 0.25) is 0 Å². The Kier molecular flexibility index (Phi) is 4.54. The van der Waals surface area contributed by atoms with E-state index in [1.165, 1.54) is 11.5 Å². The average molecular weight is 449 g/mol. The van der Waals surface area contributed by atoms with Gasteiger partial charge in [-0.3, -0.25) is 10.3 Å². The fraction of sp³-hybridized carbons (Fsp3) is 0.500. The second-order valence-electron chi connectivity index (χ2n) is 9.17. The van der Waals surface area contributed by atoms with Crippen molar-refractivity contribution in [1.29, 1.82) is 0 Å². The number of pyridine rings is 1. The van der Waals surface area contributed by atoms with Crippen molar-refractivity contribution < 1.29 is 4.79 Å². The Hall–Kier alpha value is -3.19. The van der Waals surface area contributed by atoms with E-state index in [-0.39, 0.29) is 6.03 Å². The van der Waals surface area contributed by atoms with Gasteiger partial charge in [0.25, 0.3) is 0 Å². The van der Waals surface area contributed by atoms with Crippen molar-refractivity contribution in [2.45, 2.75) is 37.6 Å². The molecule has 3 fully saturated rings. The number of carbonyl (C=O) groups excluding carboxylic acids is 1. The molecule has 3 aliphatic rings. The van der Waals surface area contributed by atoms with E-state index < -0.39 is 0 Å². The van der Waals surface area contributed by atoms with Crippen LogP contribution < -0.4 is 10.2 Å². The Morgan fingerprint density at radius 2 is 2.12 bits per heavy atom. The van der Waals surface area contributed by atoms with Crippen LogP contribution in [-0.2, 0) is 0 Å². The van der Waals surface area contributed by atoms with E-state index >= 15 is 0 Å². The minimum atomic E-state index is -0.0683. The van der Waals surface area contributed by atoms with Gasteiger partial charge in [-0.2, -0.15) is 4.37 Å². The summed E-state index contributed by atoms with van der Waals surface area (Å²) < 4.78 is 4.37. The molecule has 4 heterocycles. The molecule has 164 valence electrons. The number of aromatic amines is 1. The predicted octanol–water partition coefficient (Wildman–Crippen LogP) is 4.22. The second-order valence-corrected chi connectivity index (χ2v) is 9.92. The van der Waals surface area contributed by atoms with Crippen molar-refractivity contribution in [2.75, 3.05) is 30.4 Å². The molecular formula is C22H24N8OS. The van der Waals surface area contributed by atoms with Crippen LogP contribution >= 0.6 is 11.5 Å². The lowest BCUT2D eigenvalue weighted by Gasteiger charge is -2.30. The van der Waals surface area contributed by atoms with Crippen molar-refractivity contribution in [3.63, 3.8) is 0 Å². The van der Waals surface area contributed by atoms with E-state index in [4.69, 9.17) is 6.57 Å². The van der Waals surface area contributed by atoms with Gasteiger partial charge in [0.15, 0.2) is 0 Å². The molecule has 0 aromatic carbocycles. The largest absolute Gasteiger partial charge is 0.380 e. The molecular weight excluding hydrogens is 424 g/mol. The highest BCUT2D eigenvalue weighted by Gasteiger charge is 2.44. The molecule has 6 rings (SSSR count). The number of urea groups is 1. The molecule has 1 unspecified atom stereocenters. The van der Waals surface area contributed by atoms with Crippen LogP contribution in [0.1, 0.15) is 37.4 Å². The fourth-order valence-corrected chi connectivity index (χ4v) is 5.97. The summed E-state index contributed by atoms with van der Waals surface area (Å²) in [6.07, 6.45) is 7.86. The summed E-state index contributed by atoms with van der Waals surface area (Å²) in [5, 5.41) is 4.54. The number of amides is 2. The maximum Gasteiger partial charge on any atom is 0.323 e. The van der Waals surface area contributed by atoms with Crippen molar-refractivity contribution in [3.8, 4) is 0 Å². The molecule has 2 saturated carbocycles. The Morgan fingerprint density at radius 1 is 1.34 bits per heavy atom. The number of hydrogen-bond donors (Lipinski definition) is 2. The summed E-state index contributed by atoms with van der Waals surface area (Å²) >= 11 is 1.28. The van der Waals surface area contributed by atoms with Gasteiger partial charge in [-0.05, 0) is 43.6 Å². The summed E-state index contributed by atoms with van der Waals surface area (Å²) in [6, 6.07) is 2.27. The molecule has 2 aliphatic carbocycles. The Morgan fingerprint density at radius 3 is 2.84 bits per heavy atom. The number of aromatic nitrogens is 4. The molecule has 10 heteroatoms. The maximum atomic E-state index is 12.8. The second kappa shape index (κ2) is 7.45. The average Bonchev–Trinajstić information content (AvgIpc) is 3.17. The van der Waals surface area contributed by atoms with E-state index in [9.17, 15) is 4.79 Å². The lowest BCUT2D eigenvalue weighted by Crippen LogP contribution is -2.36. The Balaban J connectivity index is 1.12. The summed E-state index contributed by atoms with van der Waals surface area (Å²) in [6.45, 7) is 9.12. The van der Waals surface area contributed by atoms with Gasteiger partial charge in [-0.25, -0.2) is 14.6 Å². The maximum absolute atomic E-state index is 12.8. The molecule has 3 atom stereocenters. The zero-order chi connectivity index (χ0) is 21.8. The van der Waals surface area contributed by atoms with Crippen LogP contribution in [-0.4, -0.2) is 56.4 Å². The molecule has 1 aliphatic heterocycles. The number of hydrogen-bond acceptors (Lipinski definition) is 6. The van der Waals surface area contributed by atoms with Gasteiger partial charge in [0, 0.05) is 61.4 Å².